The van der Waals surface area contributed by atoms with Crippen LogP contribution >= 0.6 is 0 Å². The minimum absolute atomic E-state index is 0.0289. The molecule has 0 bridgehead atoms. The van der Waals surface area contributed by atoms with Crippen molar-refractivity contribution in [2.24, 2.45) is 0 Å². The van der Waals surface area contributed by atoms with Crippen LogP contribution in [0.5, 0.6) is 0 Å². The minimum Gasteiger partial charge on any atom is -0.376 e. The van der Waals surface area contributed by atoms with Crippen LogP contribution in [0.2, 0.25) is 0 Å². The molecule has 1 aromatic rings. The molecular weight excluding hydrogens is 283 g/mol. The zero-order chi connectivity index (χ0) is 15.4. The number of hydrogen-bond donors (Lipinski definition) is 0. The van der Waals surface area contributed by atoms with Gasteiger partial charge in [-0.1, -0.05) is 6.58 Å². The molecule has 0 saturated carbocycles. The zero-order valence-corrected chi connectivity index (χ0v) is 11.4. The Morgan fingerprint density at radius 2 is 2.05 bits per heavy atom. The summed E-state index contributed by atoms with van der Waals surface area (Å²) in [6, 6.07) is 1.77. The van der Waals surface area contributed by atoms with Crippen LogP contribution in [-0.2, 0) is 16.1 Å². The first-order chi connectivity index (χ1) is 10.0. The third-order valence-corrected chi connectivity index (χ3v) is 3.35. The lowest BCUT2D eigenvalue weighted by Gasteiger charge is -2.24. The van der Waals surface area contributed by atoms with Gasteiger partial charge in [0.2, 0.25) is 5.91 Å². The summed E-state index contributed by atoms with van der Waals surface area (Å²) < 4.78 is 44.8. The number of hydrogen-bond acceptors (Lipinski definition) is 2. The summed E-state index contributed by atoms with van der Waals surface area (Å²) in [5.74, 6) is -4.42. The van der Waals surface area contributed by atoms with Crippen LogP contribution in [0.15, 0.2) is 24.8 Å². The lowest BCUT2D eigenvalue weighted by molar-refractivity contribution is -0.128. The first-order valence-electron chi connectivity index (χ1n) is 6.67. The Bertz CT molecular complexity index is 519. The highest BCUT2D eigenvalue weighted by molar-refractivity contribution is 5.87. The standard InChI is InChI=1S/C15H16F3NO2/c1-2-14(20)19(9-11-4-3-5-21-11)8-10-6-12(16)15(18)13(17)7-10/h2,6-7,11H,1,3-5,8-9H2/t11-/m1/s1. The van der Waals surface area contributed by atoms with Gasteiger partial charge in [0.25, 0.3) is 0 Å². The number of nitrogens with zero attached hydrogens (tertiary/aromatic N) is 1. The number of carbonyl (C=O) groups excluding carboxylic acids is 1. The molecule has 6 heteroatoms. The summed E-state index contributed by atoms with van der Waals surface area (Å²) in [5.41, 5.74) is 0.180. The van der Waals surface area contributed by atoms with Crippen molar-refractivity contribution in [1.82, 2.24) is 4.90 Å². The normalized spacial score (nSPS) is 17.8. The van der Waals surface area contributed by atoms with E-state index in [-0.39, 0.29) is 24.1 Å². The molecule has 0 unspecified atom stereocenters. The smallest absolute Gasteiger partial charge is 0.246 e. The summed E-state index contributed by atoms with van der Waals surface area (Å²) in [5, 5.41) is 0. The second kappa shape index (κ2) is 6.76. The number of halogens is 3. The molecular formula is C15H16F3NO2. The Balaban J connectivity index is 2.14. The predicted octanol–water partition coefficient (Wildman–Crippen LogP) is 2.80. The molecule has 1 atom stereocenters. The van der Waals surface area contributed by atoms with Crippen molar-refractivity contribution in [3.63, 3.8) is 0 Å². The maximum Gasteiger partial charge on any atom is 0.246 e. The second-order valence-corrected chi connectivity index (χ2v) is 4.93. The van der Waals surface area contributed by atoms with Gasteiger partial charge >= 0.3 is 0 Å². The van der Waals surface area contributed by atoms with Crippen molar-refractivity contribution in [3.05, 3.63) is 47.8 Å². The Morgan fingerprint density at radius 3 is 2.57 bits per heavy atom. The largest absolute Gasteiger partial charge is 0.376 e. The van der Waals surface area contributed by atoms with Gasteiger partial charge in [-0.3, -0.25) is 4.79 Å². The van der Waals surface area contributed by atoms with Crippen molar-refractivity contribution < 1.29 is 22.7 Å². The molecule has 2 rings (SSSR count). The van der Waals surface area contributed by atoms with Crippen LogP contribution in [0, 0.1) is 17.5 Å². The Labute approximate surface area is 121 Å². The van der Waals surface area contributed by atoms with Crippen molar-refractivity contribution in [2.75, 3.05) is 13.2 Å². The molecule has 0 radical (unpaired) electrons. The van der Waals surface area contributed by atoms with Gasteiger partial charge in [0, 0.05) is 19.7 Å². The highest BCUT2D eigenvalue weighted by Gasteiger charge is 2.22. The molecule has 3 nitrogen and oxygen atoms in total. The van der Waals surface area contributed by atoms with Crippen LogP contribution in [0.4, 0.5) is 13.2 Å². The van der Waals surface area contributed by atoms with E-state index in [1.54, 1.807) is 0 Å². The maximum atomic E-state index is 13.2. The summed E-state index contributed by atoms with van der Waals surface area (Å²) in [6.07, 6.45) is 2.78. The SMILES string of the molecule is C=CC(=O)N(Cc1cc(F)c(F)c(F)c1)C[C@H]1CCCO1. The maximum absolute atomic E-state index is 13.2. The van der Waals surface area contributed by atoms with Gasteiger partial charge in [-0.05, 0) is 36.6 Å². The molecule has 1 aliphatic rings. The number of ether oxygens (including phenoxy) is 1. The molecule has 0 N–H and O–H groups in total. The van der Waals surface area contributed by atoms with Gasteiger partial charge in [-0.15, -0.1) is 0 Å². The third kappa shape index (κ3) is 3.85. The Hall–Kier alpha value is -1.82. The monoisotopic (exact) mass is 299 g/mol. The first-order valence-corrected chi connectivity index (χ1v) is 6.67. The molecule has 1 saturated heterocycles. The number of carbonyl (C=O) groups is 1. The molecule has 21 heavy (non-hydrogen) atoms. The fraction of sp³-hybridized carbons (Fsp3) is 0.400. The fourth-order valence-corrected chi connectivity index (χ4v) is 2.32. The number of rotatable bonds is 5. The van der Waals surface area contributed by atoms with E-state index >= 15 is 0 Å². The van der Waals surface area contributed by atoms with Gasteiger partial charge in [0.15, 0.2) is 17.5 Å². The Morgan fingerprint density at radius 1 is 1.38 bits per heavy atom. The van der Waals surface area contributed by atoms with Gasteiger partial charge in [0.1, 0.15) is 0 Å². The summed E-state index contributed by atoms with van der Waals surface area (Å²) in [4.78, 5) is 13.2. The lowest BCUT2D eigenvalue weighted by Crippen LogP contribution is -2.35. The summed E-state index contributed by atoms with van der Waals surface area (Å²) in [6.45, 7) is 4.33. The molecule has 0 aliphatic carbocycles. The highest BCUT2D eigenvalue weighted by atomic mass is 19.2. The van der Waals surface area contributed by atoms with Crippen LogP contribution in [0.1, 0.15) is 18.4 Å². The minimum atomic E-state index is -1.51. The number of benzene rings is 1. The van der Waals surface area contributed by atoms with E-state index in [1.807, 2.05) is 0 Å². The van der Waals surface area contributed by atoms with Crippen LogP contribution in [0.25, 0.3) is 0 Å². The Kier molecular flexibility index (Phi) is 5.01. The van der Waals surface area contributed by atoms with Crippen molar-refractivity contribution in [2.45, 2.75) is 25.5 Å². The van der Waals surface area contributed by atoms with E-state index in [0.717, 1.165) is 31.1 Å². The second-order valence-electron chi connectivity index (χ2n) is 4.93. The highest BCUT2D eigenvalue weighted by Crippen LogP contribution is 2.18. The van der Waals surface area contributed by atoms with E-state index in [1.165, 1.54) is 4.90 Å². The van der Waals surface area contributed by atoms with Gasteiger partial charge in [-0.2, -0.15) is 0 Å². The van der Waals surface area contributed by atoms with Crippen molar-refractivity contribution in [3.8, 4) is 0 Å². The van der Waals surface area contributed by atoms with Crippen LogP contribution < -0.4 is 0 Å². The lowest BCUT2D eigenvalue weighted by atomic mass is 10.1. The molecule has 0 aromatic heterocycles. The van der Waals surface area contributed by atoms with E-state index in [9.17, 15) is 18.0 Å². The molecule has 114 valence electrons. The third-order valence-electron chi connectivity index (χ3n) is 3.35. The molecule has 0 spiro atoms. The quantitative estimate of drug-likeness (QED) is 0.618. The molecule has 1 aromatic carbocycles. The van der Waals surface area contributed by atoms with E-state index in [4.69, 9.17) is 4.74 Å². The molecule has 1 fully saturated rings. The average molecular weight is 299 g/mol. The van der Waals surface area contributed by atoms with Crippen molar-refractivity contribution in [1.29, 1.82) is 0 Å². The van der Waals surface area contributed by atoms with Gasteiger partial charge in [-0.25, -0.2) is 13.2 Å². The molecule has 1 heterocycles. The predicted molar refractivity (Wildman–Crippen MR) is 70.9 cm³/mol. The summed E-state index contributed by atoms with van der Waals surface area (Å²) >= 11 is 0. The summed E-state index contributed by atoms with van der Waals surface area (Å²) in [7, 11) is 0. The van der Waals surface area contributed by atoms with E-state index < -0.39 is 17.5 Å². The van der Waals surface area contributed by atoms with Crippen molar-refractivity contribution >= 4 is 5.91 Å². The average Bonchev–Trinajstić information content (AvgIpc) is 2.96. The van der Waals surface area contributed by atoms with E-state index in [0.29, 0.717) is 13.2 Å². The first kappa shape index (κ1) is 15.6. The van der Waals surface area contributed by atoms with Crippen LogP contribution in [0.3, 0.4) is 0 Å². The fourth-order valence-electron chi connectivity index (χ4n) is 2.32. The van der Waals surface area contributed by atoms with Gasteiger partial charge in [0.05, 0.1) is 6.10 Å². The zero-order valence-electron chi connectivity index (χ0n) is 11.4. The number of amides is 1. The van der Waals surface area contributed by atoms with E-state index in [2.05, 4.69) is 6.58 Å². The van der Waals surface area contributed by atoms with Crippen LogP contribution in [-0.4, -0.2) is 30.1 Å². The van der Waals surface area contributed by atoms with Gasteiger partial charge < -0.3 is 9.64 Å². The molecule has 1 amide bonds. The molecule has 1 aliphatic heterocycles. The topological polar surface area (TPSA) is 29.5 Å².